The molecule has 5 atom stereocenters. The maximum atomic E-state index is 12.2. The lowest BCUT2D eigenvalue weighted by Gasteiger charge is -2.52. The van der Waals surface area contributed by atoms with E-state index in [1.807, 2.05) is 12.2 Å². The van der Waals surface area contributed by atoms with Crippen LogP contribution in [0.4, 0.5) is 5.69 Å². The van der Waals surface area contributed by atoms with Gasteiger partial charge in [0, 0.05) is 32.1 Å². The van der Waals surface area contributed by atoms with Crippen LogP contribution in [0.25, 0.3) is 0 Å². The van der Waals surface area contributed by atoms with Crippen molar-refractivity contribution in [2.45, 2.75) is 70.3 Å². The first-order chi connectivity index (χ1) is 15.9. The number of hydrogen-bond acceptors (Lipinski definition) is 3. The molecule has 0 heterocycles. The smallest absolute Gasteiger partial charge is 0.156 e. The number of nitrogens with zero attached hydrogens (tertiary/aromatic N) is 1. The molecular weight excluding hydrogens is 406 g/mol. The highest BCUT2D eigenvalue weighted by molar-refractivity contribution is 5.93. The van der Waals surface area contributed by atoms with Crippen LogP contribution < -0.4 is 4.90 Å². The van der Waals surface area contributed by atoms with Gasteiger partial charge in [0.25, 0.3) is 0 Å². The van der Waals surface area contributed by atoms with Crippen LogP contribution in [0.3, 0.4) is 0 Å². The number of ketones is 1. The molecule has 0 bridgehead atoms. The van der Waals surface area contributed by atoms with Gasteiger partial charge in [-0.15, -0.1) is 6.58 Å². The normalized spacial score (nSPS) is 33.2. The van der Waals surface area contributed by atoms with Crippen LogP contribution in [-0.4, -0.2) is 32.6 Å². The van der Waals surface area contributed by atoms with Gasteiger partial charge in [0.2, 0.25) is 0 Å². The SMILES string of the molecule is C=CCCOC1CCC2C3CCC4=CC(=O)CCC4=C3C(c3ccc(N(C)C)cc3)CC12C. The van der Waals surface area contributed by atoms with Crippen LogP contribution >= 0.6 is 0 Å². The minimum Gasteiger partial charge on any atom is -0.378 e. The van der Waals surface area contributed by atoms with Crippen LogP contribution in [0.1, 0.15) is 69.8 Å². The molecule has 0 radical (unpaired) electrons. The van der Waals surface area contributed by atoms with Crippen molar-refractivity contribution in [3.8, 4) is 0 Å². The maximum absolute atomic E-state index is 12.2. The molecule has 0 N–H and O–H groups in total. The number of carbonyl (C=O) groups is 1. The number of rotatable bonds is 6. The molecule has 2 saturated carbocycles. The minimum absolute atomic E-state index is 0.201. The van der Waals surface area contributed by atoms with Gasteiger partial charge in [0.1, 0.15) is 0 Å². The van der Waals surface area contributed by atoms with Crippen molar-refractivity contribution in [1.29, 1.82) is 0 Å². The molecule has 4 aliphatic rings. The Balaban J connectivity index is 1.57. The zero-order chi connectivity index (χ0) is 23.2. The molecule has 5 rings (SSSR count). The van der Waals surface area contributed by atoms with Gasteiger partial charge in [0.15, 0.2) is 5.78 Å². The Kier molecular flexibility index (Phi) is 6.11. The number of anilines is 1. The number of allylic oxidation sites excluding steroid dienone is 4. The predicted molar refractivity (Wildman–Crippen MR) is 136 cm³/mol. The number of hydrogen-bond donors (Lipinski definition) is 0. The Morgan fingerprint density at radius 3 is 2.64 bits per heavy atom. The third kappa shape index (κ3) is 3.93. The van der Waals surface area contributed by atoms with E-state index >= 15 is 0 Å². The second-order valence-corrected chi connectivity index (χ2v) is 11.1. The number of benzene rings is 1. The fraction of sp³-hybridized carbons (Fsp3) is 0.567. The molecule has 1 aromatic carbocycles. The summed E-state index contributed by atoms with van der Waals surface area (Å²) >= 11 is 0. The zero-order valence-corrected chi connectivity index (χ0v) is 20.6. The highest BCUT2D eigenvalue weighted by Gasteiger charge is 2.57. The van der Waals surface area contributed by atoms with Crippen LogP contribution in [0, 0.1) is 17.3 Å². The van der Waals surface area contributed by atoms with Crippen LogP contribution in [-0.2, 0) is 9.53 Å². The monoisotopic (exact) mass is 445 g/mol. The lowest BCUT2D eigenvalue weighted by molar-refractivity contribution is -0.114. The van der Waals surface area contributed by atoms with Crippen molar-refractivity contribution in [3.63, 3.8) is 0 Å². The molecule has 0 aromatic heterocycles. The lowest BCUT2D eigenvalue weighted by atomic mass is 9.53. The van der Waals surface area contributed by atoms with Crippen molar-refractivity contribution >= 4 is 11.5 Å². The second-order valence-electron chi connectivity index (χ2n) is 11.1. The maximum Gasteiger partial charge on any atom is 0.156 e. The van der Waals surface area contributed by atoms with E-state index in [4.69, 9.17) is 4.74 Å². The van der Waals surface area contributed by atoms with Gasteiger partial charge in [-0.1, -0.05) is 30.7 Å². The summed E-state index contributed by atoms with van der Waals surface area (Å²) in [7, 11) is 4.20. The first kappa shape index (κ1) is 22.7. The van der Waals surface area contributed by atoms with Crippen LogP contribution in [0.2, 0.25) is 0 Å². The molecule has 3 heteroatoms. The lowest BCUT2D eigenvalue weighted by Crippen LogP contribution is -2.45. The molecular formula is C30H39NO2. The van der Waals surface area contributed by atoms with Crippen molar-refractivity contribution in [2.24, 2.45) is 17.3 Å². The Labute approximate surface area is 199 Å². The largest absolute Gasteiger partial charge is 0.378 e. The van der Waals surface area contributed by atoms with Gasteiger partial charge in [-0.3, -0.25) is 4.79 Å². The quantitative estimate of drug-likeness (QED) is 0.364. The third-order valence-corrected chi connectivity index (χ3v) is 9.10. The Morgan fingerprint density at radius 1 is 1.12 bits per heavy atom. The number of carbonyl (C=O) groups excluding carboxylic acids is 1. The topological polar surface area (TPSA) is 29.5 Å². The molecule has 2 fully saturated rings. The fourth-order valence-corrected chi connectivity index (χ4v) is 7.48. The van der Waals surface area contributed by atoms with E-state index in [9.17, 15) is 4.79 Å². The molecule has 0 amide bonds. The van der Waals surface area contributed by atoms with Crippen molar-refractivity contribution in [1.82, 2.24) is 0 Å². The summed E-state index contributed by atoms with van der Waals surface area (Å²) in [5, 5.41) is 0. The van der Waals surface area contributed by atoms with Gasteiger partial charge in [-0.05, 0) is 97.1 Å². The molecule has 33 heavy (non-hydrogen) atoms. The highest BCUT2D eigenvalue weighted by atomic mass is 16.5. The van der Waals surface area contributed by atoms with E-state index in [2.05, 4.69) is 56.8 Å². The number of fused-ring (bicyclic) bond motifs is 4. The molecule has 0 aliphatic heterocycles. The average molecular weight is 446 g/mol. The van der Waals surface area contributed by atoms with Gasteiger partial charge < -0.3 is 9.64 Å². The van der Waals surface area contributed by atoms with Gasteiger partial charge >= 0.3 is 0 Å². The summed E-state index contributed by atoms with van der Waals surface area (Å²) in [5.41, 5.74) is 7.42. The van der Waals surface area contributed by atoms with E-state index in [0.29, 0.717) is 36.1 Å². The van der Waals surface area contributed by atoms with Crippen molar-refractivity contribution < 1.29 is 9.53 Å². The Hall–Kier alpha value is -2.13. The summed E-state index contributed by atoms with van der Waals surface area (Å²) in [6, 6.07) is 9.23. The summed E-state index contributed by atoms with van der Waals surface area (Å²) < 4.78 is 6.50. The van der Waals surface area contributed by atoms with Crippen LogP contribution in [0.5, 0.6) is 0 Å². The first-order valence-electron chi connectivity index (χ1n) is 12.9. The molecule has 0 saturated heterocycles. The Bertz CT molecular complexity index is 985. The van der Waals surface area contributed by atoms with Crippen molar-refractivity contribution in [3.05, 3.63) is 65.3 Å². The minimum atomic E-state index is 0.201. The van der Waals surface area contributed by atoms with Crippen molar-refractivity contribution in [2.75, 3.05) is 25.6 Å². The summed E-state index contributed by atoms with van der Waals surface area (Å²) in [6.07, 6.45) is 12.6. The molecule has 1 aromatic rings. The van der Waals surface area contributed by atoms with Gasteiger partial charge in [-0.25, -0.2) is 0 Å². The van der Waals surface area contributed by atoms with Gasteiger partial charge in [0.05, 0.1) is 12.7 Å². The molecule has 5 unspecified atom stereocenters. The second kappa shape index (κ2) is 8.91. The van der Waals surface area contributed by atoms with E-state index in [-0.39, 0.29) is 5.41 Å². The molecule has 176 valence electrons. The highest BCUT2D eigenvalue weighted by Crippen LogP contribution is 2.64. The predicted octanol–water partition coefficient (Wildman–Crippen LogP) is 6.61. The van der Waals surface area contributed by atoms with E-state index in [0.717, 1.165) is 32.3 Å². The van der Waals surface area contributed by atoms with E-state index in [1.54, 1.807) is 5.57 Å². The van der Waals surface area contributed by atoms with E-state index in [1.165, 1.54) is 41.7 Å². The summed E-state index contributed by atoms with van der Waals surface area (Å²) in [4.78, 5) is 14.4. The van der Waals surface area contributed by atoms with Crippen LogP contribution in [0.15, 0.2) is 59.7 Å². The van der Waals surface area contributed by atoms with E-state index < -0.39 is 0 Å². The molecule has 3 nitrogen and oxygen atoms in total. The standard InChI is InChI=1S/C30H39NO2/c1-5-6-17-33-28-16-15-27-25-13-9-21-18-23(32)12-14-24(21)29(25)26(19-30(27,28)2)20-7-10-22(11-8-20)31(3)4/h5,7-8,10-11,18,25-28H,1,6,9,12-17,19H2,2-4H3. The fourth-order valence-electron chi connectivity index (χ4n) is 7.48. The summed E-state index contributed by atoms with van der Waals surface area (Å²) in [6.45, 7) is 7.17. The molecule has 0 spiro atoms. The first-order valence-corrected chi connectivity index (χ1v) is 12.9. The number of ether oxygens (including phenoxy) is 1. The zero-order valence-electron chi connectivity index (χ0n) is 20.6. The Morgan fingerprint density at radius 2 is 1.91 bits per heavy atom. The third-order valence-electron chi connectivity index (χ3n) is 9.10. The molecule has 4 aliphatic carbocycles. The summed E-state index contributed by atoms with van der Waals surface area (Å²) in [5.74, 6) is 2.04. The average Bonchev–Trinajstić information content (AvgIpc) is 3.14. The van der Waals surface area contributed by atoms with Gasteiger partial charge in [-0.2, -0.15) is 0 Å².